The smallest absolute Gasteiger partial charge is 0.492 e. The van der Waals surface area contributed by atoms with E-state index < -0.39 is 17.9 Å². The van der Waals surface area contributed by atoms with Gasteiger partial charge in [-0.2, -0.15) is 0 Å². The van der Waals surface area contributed by atoms with Crippen molar-refractivity contribution < 1.29 is 34.1 Å². The van der Waals surface area contributed by atoms with E-state index in [-0.39, 0.29) is 25.1 Å². The van der Waals surface area contributed by atoms with Crippen molar-refractivity contribution in [2.75, 3.05) is 13.2 Å². The van der Waals surface area contributed by atoms with Crippen LogP contribution in [-0.2, 0) is 14.3 Å². The van der Waals surface area contributed by atoms with Gasteiger partial charge in [-0.25, -0.2) is 4.79 Å². The largest absolute Gasteiger partial charge is 0.534 e. The van der Waals surface area contributed by atoms with E-state index >= 15 is 0 Å². The summed E-state index contributed by atoms with van der Waals surface area (Å²) in [5.74, 6) is -1.22. The highest BCUT2D eigenvalue weighted by molar-refractivity contribution is 5.72. The number of aromatic nitrogens is 1. The zero-order chi connectivity index (χ0) is 15.9. The lowest BCUT2D eigenvalue weighted by atomic mass is 9.89. The molecule has 1 aromatic rings. The van der Waals surface area contributed by atoms with Gasteiger partial charge in [-0.05, 0) is 12.8 Å². The molecule has 8 nitrogen and oxygen atoms in total. The van der Waals surface area contributed by atoms with Crippen LogP contribution in [0.4, 0.5) is 4.79 Å². The summed E-state index contributed by atoms with van der Waals surface area (Å²) >= 11 is 0. The molecule has 22 heavy (non-hydrogen) atoms. The number of ether oxygens (including phenoxy) is 2. The van der Waals surface area contributed by atoms with E-state index in [4.69, 9.17) is 4.74 Å². The van der Waals surface area contributed by atoms with Crippen molar-refractivity contribution in [3.05, 3.63) is 12.1 Å². The van der Waals surface area contributed by atoms with E-state index in [1.165, 1.54) is 0 Å². The minimum absolute atomic E-state index is 0.0607. The molecule has 1 saturated carbocycles. The number of nitrogens with zero attached hydrogens (tertiary/aromatic N) is 1. The Bertz CT molecular complexity index is 500. The van der Waals surface area contributed by atoms with Crippen LogP contribution >= 0.6 is 0 Å². The van der Waals surface area contributed by atoms with Crippen LogP contribution < -0.4 is 4.84 Å². The van der Waals surface area contributed by atoms with Gasteiger partial charge in [-0.15, -0.1) is 4.73 Å². The molecule has 1 fully saturated rings. The lowest BCUT2D eigenvalue weighted by Crippen LogP contribution is -2.24. The zero-order valence-electron chi connectivity index (χ0n) is 12.1. The van der Waals surface area contributed by atoms with Crippen molar-refractivity contribution in [3.8, 4) is 11.8 Å². The first-order chi connectivity index (χ1) is 10.6. The van der Waals surface area contributed by atoms with Crippen molar-refractivity contribution in [2.24, 2.45) is 5.92 Å². The minimum atomic E-state index is -1.13. The summed E-state index contributed by atoms with van der Waals surface area (Å²) in [5, 5.41) is 18.5. The number of carbonyl (C=O) groups is 2. The molecule has 0 aliphatic heterocycles. The Labute approximate surface area is 127 Å². The maximum atomic E-state index is 11.7. The van der Waals surface area contributed by atoms with Crippen molar-refractivity contribution in [2.45, 2.75) is 32.1 Å². The maximum absolute atomic E-state index is 11.7. The first kappa shape index (κ1) is 16.0. The monoisotopic (exact) mass is 313 g/mol. The van der Waals surface area contributed by atoms with Gasteiger partial charge >= 0.3 is 12.1 Å². The number of rotatable bonds is 5. The molecule has 1 heterocycles. The van der Waals surface area contributed by atoms with Gasteiger partial charge in [0, 0.05) is 12.1 Å². The second-order valence-corrected chi connectivity index (χ2v) is 5.04. The van der Waals surface area contributed by atoms with Crippen LogP contribution in [0.15, 0.2) is 12.1 Å². The molecule has 2 N–H and O–H groups in total. The molecule has 0 amide bonds. The van der Waals surface area contributed by atoms with Crippen LogP contribution in [0, 0.1) is 5.92 Å². The molecule has 0 saturated heterocycles. The van der Waals surface area contributed by atoms with E-state index in [1.807, 2.05) is 0 Å². The summed E-state index contributed by atoms with van der Waals surface area (Å²) in [5.41, 5.74) is 0. The van der Waals surface area contributed by atoms with Gasteiger partial charge in [0.2, 0.25) is 11.8 Å². The van der Waals surface area contributed by atoms with Crippen LogP contribution in [0.3, 0.4) is 0 Å². The van der Waals surface area contributed by atoms with Crippen LogP contribution in [-0.4, -0.2) is 40.3 Å². The Morgan fingerprint density at radius 2 is 1.64 bits per heavy atom. The standard InChI is InChI=1S/C14H19NO7/c16-11-6-7-12(17)15(11)22-14(19)21-9-8-20-13(18)10-4-2-1-3-5-10/h6-7,10,16-17H,1-5,8-9H2. The molecule has 1 aromatic heterocycles. The molecule has 0 aromatic carbocycles. The summed E-state index contributed by atoms with van der Waals surface area (Å²) in [7, 11) is 0. The van der Waals surface area contributed by atoms with Crippen molar-refractivity contribution in [1.29, 1.82) is 0 Å². The molecular weight excluding hydrogens is 294 g/mol. The van der Waals surface area contributed by atoms with Crippen LogP contribution in [0.1, 0.15) is 32.1 Å². The highest BCUT2D eigenvalue weighted by Crippen LogP contribution is 2.24. The van der Waals surface area contributed by atoms with E-state index in [1.54, 1.807) is 0 Å². The predicted molar refractivity (Wildman–Crippen MR) is 73.2 cm³/mol. The number of hydrogen-bond acceptors (Lipinski definition) is 7. The van der Waals surface area contributed by atoms with Crippen LogP contribution in [0.25, 0.3) is 0 Å². The van der Waals surface area contributed by atoms with Gasteiger partial charge in [0.05, 0.1) is 5.92 Å². The van der Waals surface area contributed by atoms with Crippen LogP contribution in [0.5, 0.6) is 11.8 Å². The van der Waals surface area contributed by atoms with E-state index in [9.17, 15) is 19.8 Å². The van der Waals surface area contributed by atoms with Gasteiger partial charge in [0.1, 0.15) is 13.2 Å². The SMILES string of the molecule is O=C(OCCOC(=O)C1CCCCC1)On1c(O)ccc1O. The van der Waals surface area contributed by atoms with Gasteiger partial charge < -0.3 is 19.7 Å². The number of aromatic hydroxyl groups is 2. The fourth-order valence-electron chi connectivity index (χ4n) is 2.32. The Morgan fingerprint density at radius 1 is 1.05 bits per heavy atom. The van der Waals surface area contributed by atoms with Gasteiger partial charge in [0.25, 0.3) is 0 Å². The molecule has 0 bridgehead atoms. The highest BCUT2D eigenvalue weighted by Gasteiger charge is 2.22. The predicted octanol–water partition coefficient (Wildman–Crippen LogP) is 1.59. The molecule has 2 rings (SSSR count). The molecule has 0 radical (unpaired) electrons. The molecule has 1 aliphatic carbocycles. The first-order valence-electron chi connectivity index (χ1n) is 7.19. The highest BCUT2D eigenvalue weighted by atomic mass is 16.8. The lowest BCUT2D eigenvalue weighted by molar-refractivity contribution is -0.150. The number of hydrogen-bond donors (Lipinski definition) is 2. The summed E-state index contributed by atoms with van der Waals surface area (Å²) in [4.78, 5) is 27.6. The number of carbonyl (C=O) groups excluding carboxylic acids is 2. The molecule has 122 valence electrons. The Hall–Kier alpha value is -2.38. The molecule has 8 heteroatoms. The Morgan fingerprint density at radius 3 is 2.27 bits per heavy atom. The quantitative estimate of drug-likeness (QED) is 0.627. The average molecular weight is 313 g/mol. The average Bonchev–Trinajstić information content (AvgIpc) is 2.84. The third-order valence-electron chi connectivity index (χ3n) is 3.45. The second-order valence-electron chi connectivity index (χ2n) is 5.04. The molecule has 0 unspecified atom stereocenters. The second kappa shape index (κ2) is 7.58. The topological polar surface area (TPSA) is 107 Å². The maximum Gasteiger partial charge on any atom is 0.534 e. The van der Waals surface area contributed by atoms with Crippen molar-refractivity contribution in [3.63, 3.8) is 0 Å². The number of esters is 1. The fourth-order valence-corrected chi connectivity index (χ4v) is 2.32. The van der Waals surface area contributed by atoms with E-state index in [2.05, 4.69) is 9.57 Å². The molecule has 0 atom stereocenters. The van der Waals surface area contributed by atoms with Gasteiger partial charge in [-0.3, -0.25) is 9.63 Å². The fraction of sp³-hybridized carbons (Fsp3) is 0.571. The van der Waals surface area contributed by atoms with E-state index in [0.717, 1.165) is 44.2 Å². The first-order valence-corrected chi connectivity index (χ1v) is 7.19. The summed E-state index contributed by atoms with van der Waals surface area (Å²) in [6.45, 7) is -0.228. The van der Waals surface area contributed by atoms with Crippen molar-refractivity contribution >= 4 is 12.1 Å². The van der Waals surface area contributed by atoms with Crippen molar-refractivity contribution in [1.82, 2.24) is 4.73 Å². The molecule has 1 aliphatic rings. The Kier molecular flexibility index (Phi) is 5.51. The zero-order valence-corrected chi connectivity index (χ0v) is 12.1. The summed E-state index contributed by atoms with van der Waals surface area (Å²) in [6, 6.07) is 2.29. The molecule has 0 spiro atoms. The minimum Gasteiger partial charge on any atom is -0.492 e. The summed E-state index contributed by atoms with van der Waals surface area (Å²) < 4.78 is 10.2. The lowest BCUT2D eigenvalue weighted by Gasteiger charge is -2.19. The normalized spacial score (nSPS) is 15.3. The van der Waals surface area contributed by atoms with E-state index in [0.29, 0.717) is 4.73 Å². The molecular formula is C14H19NO7. The third kappa shape index (κ3) is 4.31. The van der Waals surface area contributed by atoms with Gasteiger partial charge in [0.15, 0.2) is 0 Å². The Balaban J connectivity index is 1.64. The van der Waals surface area contributed by atoms with Crippen LogP contribution in [0.2, 0.25) is 0 Å². The van der Waals surface area contributed by atoms with Gasteiger partial charge in [-0.1, -0.05) is 19.3 Å². The summed E-state index contributed by atoms with van der Waals surface area (Å²) in [6.07, 6.45) is 3.77. The third-order valence-corrected chi connectivity index (χ3v) is 3.45.